The SMILES string of the molecule is CCCN(CC1CC1)c1nc2c(s1)c(C)nn2C. The molecule has 0 atom stereocenters. The molecule has 1 fully saturated rings. The molecule has 18 heavy (non-hydrogen) atoms. The van der Waals surface area contributed by atoms with Crippen LogP contribution >= 0.6 is 11.3 Å². The Bertz CT molecular complexity index is 518. The fraction of sp³-hybridized carbons (Fsp3) is 0.692. The van der Waals surface area contributed by atoms with E-state index in [-0.39, 0.29) is 0 Å². The van der Waals surface area contributed by atoms with E-state index in [1.165, 1.54) is 35.6 Å². The van der Waals surface area contributed by atoms with Crippen LogP contribution in [0, 0.1) is 12.8 Å². The van der Waals surface area contributed by atoms with E-state index in [1.54, 1.807) is 11.3 Å². The minimum absolute atomic E-state index is 0.905. The van der Waals surface area contributed by atoms with Gasteiger partial charge < -0.3 is 4.90 Å². The summed E-state index contributed by atoms with van der Waals surface area (Å²) in [6, 6.07) is 0. The summed E-state index contributed by atoms with van der Waals surface area (Å²) in [5.41, 5.74) is 2.13. The van der Waals surface area contributed by atoms with Gasteiger partial charge in [0.05, 0.1) is 10.4 Å². The maximum Gasteiger partial charge on any atom is 0.188 e. The number of fused-ring (bicyclic) bond motifs is 1. The van der Waals surface area contributed by atoms with Crippen LogP contribution in [0.2, 0.25) is 0 Å². The Morgan fingerprint density at radius 3 is 2.83 bits per heavy atom. The third kappa shape index (κ3) is 2.11. The van der Waals surface area contributed by atoms with Crippen LogP contribution < -0.4 is 4.90 Å². The van der Waals surface area contributed by atoms with Crippen molar-refractivity contribution in [3.63, 3.8) is 0 Å². The van der Waals surface area contributed by atoms with Gasteiger partial charge in [0.15, 0.2) is 10.8 Å². The number of hydrogen-bond donors (Lipinski definition) is 0. The van der Waals surface area contributed by atoms with Crippen LogP contribution in [0.25, 0.3) is 10.3 Å². The molecule has 0 aliphatic heterocycles. The van der Waals surface area contributed by atoms with Gasteiger partial charge in [-0.15, -0.1) is 0 Å². The highest BCUT2D eigenvalue weighted by molar-refractivity contribution is 7.22. The zero-order valence-corrected chi connectivity index (χ0v) is 12.1. The molecule has 0 aromatic carbocycles. The van der Waals surface area contributed by atoms with Gasteiger partial charge in [0.25, 0.3) is 0 Å². The van der Waals surface area contributed by atoms with Crippen LogP contribution in [0.5, 0.6) is 0 Å². The predicted molar refractivity (Wildman–Crippen MR) is 76.4 cm³/mol. The lowest BCUT2D eigenvalue weighted by atomic mass is 10.3. The molecule has 2 heterocycles. The third-order valence-electron chi connectivity index (χ3n) is 3.47. The molecule has 5 heteroatoms. The van der Waals surface area contributed by atoms with E-state index >= 15 is 0 Å². The lowest BCUT2D eigenvalue weighted by molar-refractivity contribution is 0.704. The standard InChI is InChI=1S/C13H20N4S/c1-4-7-17(8-10-5-6-10)13-14-12-11(18-13)9(2)15-16(12)3/h10H,4-8H2,1-3H3. The number of thiazole rings is 1. The minimum Gasteiger partial charge on any atom is -0.348 e. The Morgan fingerprint density at radius 1 is 1.44 bits per heavy atom. The Morgan fingerprint density at radius 2 is 2.22 bits per heavy atom. The minimum atomic E-state index is 0.905. The number of rotatable bonds is 5. The van der Waals surface area contributed by atoms with Crippen molar-refractivity contribution >= 4 is 26.8 Å². The van der Waals surface area contributed by atoms with Crippen LogP contribution in [0.15, 0.2) is 0 Å². The average Bonchev–Trinajstić information content (AvgIpc) is 2.96. The summed E-state index contributed by atoms with van der Waals surface area (Å²) in [6.07, 6.45) is 3.97. The van der Waals surface area contributed by atoms with Crippen LogP contribution in [-0.4, -0.2) is 27.9 Å². The molecule has 4 nitrogen and oxygen atoms in total. The quantitative estimate of drug-likeness (QED) is 0.832. The highest BCUT2D eigenvalue weighted by Gasteiger charge is 2.26. The van der Waals surface area contributed by atoms with Crippen molar-refractivity contribution in [2.45, 2.75) is 33.1 Å². The van der Waals surface area contributed by atoms with Gasteiger partial charge in [0.1, 0.15) is 0 Å². The van der Waals surface area contributed by atoms with Gasteiger partial charge in [-0.3, -0.25) is 0 Å². The Balaban J connectivity index is 1.92. The lowest BCUT2D eigenvalue weighted by Crippen LogP contribution is -2.26. The van der Waals surface area contributed by atoms with Crippen LogP contribution in [-0.2, 0) is 7.05 Å². The molecule has 0 bridgehead atoms. The van der Waals surface area contributed by atoms with E-state index in [9.17, 15) is 0 Å². The molecule has 1 saturated carbocycles. The van der Waals surface area contributed by atoms with Gasteiger partial charge in [-0.1, -0.05) is 18.3 Å². The van der Waals surface area contributed by atoms with Crippen molar-refractivity contribution in [3.05, 3.63) is 5.69 Å². The van der Waals surface area contributed by atoms with Gasteiger partial charge in [0, 0.05) is 20.1 Å². The summed E-state index contributed by atoms with van der Waals surface area (Å²) >= 11 is 1.79. The summed E-state index contributed by atoms with van der Waals surface area (Å²) in [7, 11) is 1.98. The molecule has 0 unspecified atom stereocenters. The van der Waals surface area contributed by atoms with Crippen molar-refractivity contribution in [2.24, 2.45) is 13.0 Å². The van der Waals surface area contributed by atoms with E-state index in [4.69, 9.17) is 4.98 Å². The molecule has 1 aliphatic carbocycles. The second-order valence-corrected chi connectivity index (χ2v) is 6.23. The number of nitrogens with zero attached hydrogens (tertiary/aromatic N) is 4. The molecule has 1 aliphatic rings. The Kier molecular flexibility index (Phi) is 3.01. The molecule has 0 saturated heterocycles. The van der Waals surface area contributed by atoms with Crippen molar-refractivity contribution in [1.82, 2.24) is 14.8 Å². The zero-order valence-electron chi connectivity index (χ0n) is 11.3. The monoisotopic (exact) mass is 264 g/mol. The summed E-state index contributed by atoms with van der Waals surface area (Å²) in [5, 5.41) is 5.59. The Hall–Kier alpha value is -1.10. The van der Waals surface area contributed by atoms with Crippen molar-refractivity contribution in [2.75, 3.05) is 18.0 Å². The largest absolute Gasteiger partial charge is 0.348 e. The molecular weight excluding hydrogens is 244 g/mol. The van der Waals surface area contributed by atoms with E-state index in [1.807, 2.05) is 11.7 Å². The molecule has 0 radical (unpaired) electrons. The van der Waals surface area contributed by atoms with E-state index in [2.05, 4.69) is 23.8 Å². The first-order valence-corrected chi connectivity index (χ1v) is 7.55. The van der Waals surface area contributed by atoms with Crippen LogP contribution in [0.3, 0.4) is 0 Å². The number of hydrogen-bond acceptors (Lipinski definition) is 4. The zero-order chi connectivity index (χ0) is 12.7. The maximum atomic E-state index is 4.78. The van der Waals surface area contributed by atoms with Gasteiger partial charge in [-0.25, -0.2) is 9.67 Å². The highest BCUT2D eigenvalue weighted by Crippen LogP contribution is 2.35. The summed E-state index contributed by atoms with van der Waals surface area (Å²) in [4.78, 5) is 7.24. The van der Waals surface area contributed by atoms with E-state index < -0.39 is 0 Å². The summed E-state index contributed by atoms with van der Waals surface area (Å²) < 4.78 is 3.13. The number of aryl methyl sites for hydroxylation is 2. The first-order chi connectivity index (χ1) is 8.69. The molecule has 2 aromatic rings. The first-order valence-electron chi connectivity index (χ1n) is 6.74. The molecule has 0 spiro atoms. The molecule has 2 aromatic heterocycles. The molecular formula is C13H20N4S. The van der Waals surface area contributed by atoms with Crippen LogP contribution in [0.1, 0.15) is 31.9 Å². The molecule has 98 valence electrons. The second-order valence-electron chi connectivity index (χ2n) is 5.25. The molecule has 3 rings (SSSR count). The fourth-order valence-electron chi connectivity index (χ4n) is 2.36. The summed E-state index contributed by atoms with van der Waals surface area (Å²) in [5.74, 6) is 0.905. The molecule has 0 N–H and O–H groups in total. The van der Waals surface area contributed by atoms with Gasteiger partial charge in [-0.05, 0) is 32.1 Å². The third-order valence-corrected chi connectivity index (χ3v) is 4.69. The predicted octanol–water partition coefficient (Wildman–Crippen LogP) is 2.96. The number of anilines is 1. The number of aromatic nitrogens is 3. The normalized spacial score (nSPS) is 15.5. The van der Waals surface area contributed by atoms with E-state index in [0.29, 0.717) is 0 Å². The summed E-state index contributed by atoms with van der Waals surface area (Å²) in [6.45, 7) is 6.60. The fourth-order valence-corrected chi connectivity index (χ4v) is 3.42. The van der Waals surface area contributed by atoms with Crippen molar-refractivity contribution in [3.8, 4) is 0 Å². The highest BCUT2D eigenvalue weighted by atomic mass is 32.1. The lowest BCUT2D eigenvalue weighted by Gasteiger charge is -2.20. The van der Waals surface area contributed by atoms with Crippen molar-refractivity contribution < 1.29 is 0 Å². The smallest absolute Gasteiger partial charge is 0.188 e. The Labute approximate surface area is 112 Å². The van der Waals surface area contributed by atoms with Gasteiger partial charge in [-0.2, -0.15) is 5.10 Å². The average molecular weight is 264 g/mol. The second kappa shape index (κ2) is 4.53. The van der Waals surface area contributed by atoms with E-state index in [0.717, 1.165) is 23.8 Å². The van der Waals surface area contributed by atoms with Crippen molar-refractivity contribution in [1.29, 1.82) is 0 Å². The molecule has 0 amide bonds. The maximum absolute atomic E-state index is 4.78. The van der Waals surface area contributed by atoms with Gasteiger partial charge >= 0.3 is 0 Å². The van der Waals surface area contributed by atoms with Gasteiger partial charge in [0.2, 0.25) is 0 Å². The topological polar surface area (TPSA) is 34.0 Å². The van der Waals surface area contributed by atoms with Crippen LogP contribution in [0.4, 0.5) is 5.13 Å². The first kappa shape index (κ1) is 12.0.